The molecule has 0 saturated heterocycles. The second-order valence-electron chi connectivity index (χ2n) is 5.44. The molecule has 0 N–H and O–H groups in total. The van der Waals surface area contributed by atoms with E-state index in [9.17, 15) is 4.79 Å². The molecule has 1 heterocycles. The molecule has 1 aliphatic carbocycles. The lowest BCUT2D eigenvalue weighted by molar-refractivity contribution is -0.139. The summed E-state index contributed by atoms with van der Waals surface area (Å²) >= 11 is 1.70. The van der Waals surface area contributed by atoms with Gasteiger partial charge < -0.3 is 4.74 Å². The number of nitrogens with zero attached hydrogens (tertiary/aromatic N) is 1. The van der Waals surface area contributed by atoms with Gasteiger partial charge >= 0.3 is 5.97 Å². The molecule has 0 unspecified atom stereocenters. The smallest absolute Gasteiger partial charge is 0.311 e. The molecule has 0 aliphatic heterocycles. The minimum atomic E-state index is -0.205. The topological polar surface area (TPSA) is 39.2 Å². The summed E-state index contributed by atoms with van der Waals surface area (Å²) < 4.78 is 4.68. The van der Waals surface area contributed by atoms with Crippen LogP contribution in [0, 0.1) is 5.92 Å². The van der Waals surface area contributed by atoms with Gasteiger partial charge in [-0.25, -0.2) is 4.98 Å². The predicted molar refractivity (Wildman–Crippen MR) is 77.4 cm³/mol. The van der Waals surface area contributed by atoms with Crippen molar-refractivity contribution in [3.63, 3.8) is 0 Å². The lowest BCUT2D eigenvalue weighted by Crippen LogP contribution is -2.13. The van der Waals surface area contributed by atoms with E-state index in [1.54, 1.807) is 11.3 Å². The molecule has 4 heteroatoms. The van der Waals surface area contributed by atoms with Crippen LogP contribution >= 0.6 is 11.3 Å². The normalized spacial score (nSPS) is 23.3. The highest BCUT2D eigenvalue weighted by atomic mass is 32.1. The van der Waals surface area contributed by atoms with Crippen LogP contribution in [0.2, 0.25) is 0 Å². The van der Waals surface area contributed by atoms with Gasteiger partial charge in [0, 0.05) is 11.3 Å². The van der Waals surface area contributed by atoms with E-state index in [-0.39, 0.29) is 5.97 Å². The summed E-state index contributed by atoms with van der Waals surface area (Å²) in [5.74, 6) is 1.34. The Bertz CT molecular complexity index is 408. The monoisotopic (exact) mass is 281 g/mol. The summed E-state index contributed by atoms with van der Waals surface area (Å²) in [6, 6.07) is 0. The molecule has 1 saturated carbocycles. The molecule has 0 radical (unpaired) electrons. The third kappa shape index (κ3) is 4.03. The minimum Gasteiger partial charge on any atom is -0.469 e. The van der Waals surface area contributed by atoms with Gasteiger partial charge in [0.05, 0.1) is 24.2 Å². The average molecular weight is 281 g/mol. The number of carbonyl (C=O) groups is 1. The molecule has 0 atom stereocenters. The highest BCUT2D eigenvalue weighted by Gasteiger charge is 2.24. The number of ether oxygens (including phenoxy) is 1. The molecule has 1 aliphatic rings. The van der Waals surface area contributed by atoms with Gasteiger partial charge in [0.1, 0.15) is 0 Å². The van der Waals surface area contributed by atoms with Crippen molar-refractivity contribution in [1.82, 2.24) is 4.98 Å². The Balaban J connectivity index is 1.88. The van der Waals surface area contributed by atoms with Crippen molar-refractivity contribution < 1.29 is 9.53 Å². The zero-order valence-corrected chi connectivity index (χ0v) is 12.7. The summed E-state index contributed by atoms with van der Waals surface area (Å²) in [6.45, 7) is 2.27. The molecule has 106 valence electrons. The van der Waals surface area contributed by atoms with Crippen molar-refractivity contribution in [2.75, 3.05) is 7.11 Å². The Labute approximate surface area is 119 Å². The van der Waals surface area contributed by atoms with E-state index in [0.717, 1.165) is 11.6 Å². The maximum atomic E-state index is 11.2. The van der Waals surface area contributed by atoms with Crippen molar-refractivity contribution in [2.24, 2.45) is 5.92 Å². The Morgan fingerprint density at radius 3 is 2.79 bits per heavy atom. The van der Waals surface area contributed by atoms with Gasteiger partial charge in [-0.1, -0.05) is 19.8 Å². The van der Waals surface area contributed by atoms with Crippen molar-refractivity contribution in [1.29, 1.82) is 0 Å². The van der Waals surface area contributed by atoms with Crippen molar-refractivity contribution in [2.45, 2.75) is 57.8 Å². The summed E-state index contributed by atoms with van der Waals surface area (Å²) in [5, 5.41) is 3.22. The average Bonchev–Trinajstić information content (AvgIpc) is 2.88. The van der Waals surface area contributed by atoms with Gasteiger partial charge in [0.25, 0.3) is 0 Å². The Kier molecular flexibility index (Phi) is 5.37. The number of aromatic nitrogens is 1. The number of carbonyl (C=O) groups excluding carboxylic acids is 1. The van der Waals surface area contributed by atoms with Crippen molar-refractivity contribution in [3.8, 4) is 0 Å². The third-order valence-electron chi connectivity index (χ3n) is 4.02. The lowest BCUT2D eigenvalue weighted by atomic mass is 9.80. The number of hydrogen-bond donors (Lipinski definition) is 0. The van der Waals surface area contributed by atoms with E-state index in [2.05, 4.69) is 16.6 Å². The Hall–Kier alpha value is -0.900. The zero-order chi connectivity index (χ0) is 13.7. The minimum absolute atomic E-state index is 0.205. The van der Waals surface area contributed by atoms with Gasteiger partial charge in [-0.15, -0.1) is 11.3 Å². The molecule has 1 fully saturated rings. The number of esters is 1. The van der Waals surface area contributed by atoms with Crippen LogP contribution < -0.4 is 0 Å². The van der Waals surface area contributed by atoms with Crippen LogP contribution in [0.15, 0.2) is 5.38 Å². The molecule has 1 aromatic heterocycles. The molecule has 3 nitrogen and oxygen atoms in total. The summed E-state index contributed by atoms with van der Waals surface area (Å²) in [6.07, 6.45) is 8.17. The van der Waals surface area contributed by atoms with E-state index < -0.39 is 0 Å². The first-order valence-corrected chi connectivity index (χ1v) is 8.12. The predicted octanol–water partition coefficient (Wildman–Crippen LogP) is 3.93. The summed E-state index contributed by atoms with van der Waals surface area (Å²) in [5.41, 5.74) is 0.863. The van der Waals surface area contributed by atoms with E-state index in [1.807, 2.05) is 5.38 Å². The number of thiazole rings is 1. The van der Waals surface area contributed by atoms with Gasteiger partial charge in [-0.2, -0.15) is 0 Å². The van der Waals surface area contributed by atoms with E-state index >= 15 is 0 Å². The molecular weight excluding hydrogens is 258 g/mol. The fourth-order valence-electron chi connectivity index (χ4n) is 2.92. The maximum absolute atomic E-state index is 11.2. The van der Waals surface area contributed by atoms with E-state index in [1.165, 1.54) is 50.6 Å². The highest BCUT2D eigenvalue weighted by molar-refractivity contribution is 7.09. The SMILES string of the molecule is CCCC1CCC(c2nc(CC(=O)OC)cs2)CC1. The van der Waals surface area contributed by atoms with E-state index in [0.29, 0.717) is 12.3 Å². The Morgan fingerprint density at radius 1 is 1.42 bits per heavy atom. The molecule has 2 rings (SSSR count). The highest BCUT2D eigenvalue weighted by Crippen LogP contribution is 2.38. The van der Waals surface area contributed by atoms with Crippen LogP contribution in [0.5, 0.6) is 0 Å². The first-order chi connectivity index (χ1) is 9.22. The molecule has 0 spiro atoms. The molecule has 0 amide bonds. The van der Waals surface area contributed by atoms with Crippen LogP contribution in [0.3, 0.4) is 0 Å². The van der Waals surface area contributed by atoms with Crippen LogP contribution in [0.25, 0.3) is 0 Å². The fraction of sp³-hybridized carbons (Fsp3) is 0.733. The lowest BCUT2D eigenvalue weighted by Gasteiger charge is -2.26. The summed E-state index contributed by atoms with van der Waals surface area (Å²) in [4.78, 5) is 15.8. The molecule has 0 bridgehead atoms. The van der Waals surface area contributed by atoms with Crippen LogP contribution in [-0.2, 0) is 16.0 Å². The van der Waals surface area contributed by atoms with Gasteiger partial charge in [-0.3, -0.25) is 4.79 Å². The van der Waals surface area contributed by atoms with Gasteiger partial charge in [0.15, 0.2) is 0 Å². The van der Waals surface area contributed by atoms with Crippen LogP contribution in [-0.4, -0.2) is 18.1 Å². The first-order valence-electron chi connectivity index (χ1n) is 7.24. The Morgan fingerprint density at radius 2 is 2.16 bits per heavy atom. The standard InChI is InChI=1S/C15H23NO2S/c1-3-4-11-5-7-12(8-6-11)15-16-13(10-19-15)9-14(17)18-2/h10-12H,3-9H2,1-2H3. The maximum Gasteiger partial charge on any atom is 0.311 e. The van der Waals surface area contributed by atoms with E-state index in [4.69, 9.17) is 0 Å². The van der Waals surface area contributed by atoms with Crippen molar-refractivity contribution in [3.05, 3.63) is 16.1 Å². The summed E-state index contributed by atoms with van der Waals surface area (Å²) in [7, 11) is 1.42. The number of hydrogen-bond acceptors (Lipinski definition) is 4. The molecule has 0 aromatic carbocycles. The van der Waals surface area contributed by atoms with Crippen LogP contribution in [0.1, 0.15) is 62.1 Å². The second kappa shape index (κ2) is 7.04. The quantitative estimate of drug-likeness (QED) is 0.768. The van der Waals surface area contributed by atoms with Gasteiger partial charge in [0.2, 0.25) is 0 Å². The third-order valence-corrected chi connectivity index (χ3v) is 5.07. The van der Waals surface area contributed by atoms with Gasteiger partial charge in [-0.05, 0) is 31.6 Å². The number of rotatable bonds is 5. The van der Waals surface area contributed by atoms with Crippen LogP contribution in [0.4, 0.5) is 0 Å². The molecule has 19 heavy (non-hydrogen) atoms. The zero-order valence-electron chi connectivity index (χ0n) is 11.9. The second-order valence-corrected chi connectivity index (χ2v) is 6.33. The largest absolute Gasteiger partial charge is 0.469 e. The fourth-order valence-corrected chi connectivity index (χ4v) is 3.91. The number of methoxy groups -OCH3 is 1. The molecule has 1 aromatic rings. The van der Waals surface area contributed by atoms with Crippen molar-refractivity contribution >= 4 is 17.3 Å². The first kappa shape index (κ1) is 14.5. The molecular formula is C15H23NO2S.